The number of morpholine rings is 1. The highest BCUT2D eigenvalue weighted by molar-refractivity contribution is 9.10. The summed E-state index contributed by atoms with van der Waals surface area (Å²) in [5, 5.41) is 0. The molecule has 3 rings (SSSR count). The molecule has 0 amide bonds. The van der Waals surface area contributed by atoms with Gasteiger partial charge in [0.2, 0.25) is 10.0 Å². The summed E-state index contributed by atoms with van der Waals surface area (Å²) in [5.41, 5.74) is 1.01. The van der Waals surface area contributed by atoms with Gasteiger partial charge in [0.25, 0.3) is 0 Å². The normalized spacial score (nSPS) is 15.7. The smallest absolute Gasteiger partial charge is 0.244 e. The fourth-order valence-corrected chi connectivity index (χ4v) is 5.13. The topological polar surface area (TPSA) is 77.1 Å². The van der Waals surface area contributed by atoms with E-state index in [2.05, 4.69) is 25.6 Å². The van der Waals surface area contributed by atoms with E-state index in [1.54, 1.807) is 25.3 Å². The second-order valence-corrected chi connectivity index (χ2v) is 9.46. The highest BCUT2D eigenvalue weighted by atomic mass is 79.9. The first-order chi connectivity index (χ1) is 14.4. The van der Waals surface area contributed by atoms with Crippen LogP contribution >= 0.6 is 28.3 Å². The van der Waals surface area contributed by atoms with Crippen LogP contribution in [0.15, 0.2) is 51.8 Å². The van der Waals surface area contributed by atoms with Crippen molar-refractivity contribution in [3.05, 3.63) is 52.5 Å². The van der Waals surface area contributed by atoms with Crippen LogP contribution in [0.3, 0.4) is 0 Å². The summed E-state index contributed by atoms with van der Waals surface area (Å²) in [6.45, 7) is 5.15. The maximum atomic E-state index is 13.1. The van der Waals surface area contributed by atoms with Crippen LogP contribution in [-0.4, -0.2) is 59.9 Å². The van der Waals surface area contributed by atoms with Gasteiger partial charge >= 0.3 is 0 Å². The summed E-state index contributed by atoms with van der Waals surface area (Å²) < 4.78 is 46.0. The van der Waals surface area contributed by atoms with E-state index in [0.717, 1.165) is 24.4 Å². The molecule has 2 aromatic rings. The lowest BCUT2D eigenvalue weighted by molar-refractivity contribution is 0.0172. The molecular weight excluding hydrogens is 508 g/mol. The Morgan fingerprint density at radius 1 is 1.16 bits per heavy atom. The van der Waals surface area contributed by atoms with E-state index < -0.39 is 10.0 Å². The van der Waals surface area contributed by atoms with Crippen LogP contribution in [0.2, 0.25) is 0 Å². The molecule has 10 heteroatoms. The third-order valence-electron chi connectivity index (χ3n) is 4.95. The molecule has 7 nitrogen and oxygen atoms in total. The van der Waals surface area contributed by atoms with Crippen LogP contribution in [0.25, 0.3) is 0 Å². The molecule has 0 spiro atoms. The first-order valence-electron chi connectivity index (χ1n) is 9.82. The molecule has 0 aliphatic carbocycles. The van der Waals surface area contributed by atoms with E-state index in [9.17, 15) is 8.42 Å². The van der Waals surface area contributed by atoms with Gasteiger partial charge in [-0.05, 0) is 42.8 Å². The Balaban J connectivity index is 0.00000341. The minimum Gasteiger partial charge on any atom is -0.497 e. The molecule has 2 aromatic carbocycles. The van der Waals surface area contributed by atoms with Gasteiger partial charge < -0.3 is 14.2 Å². The van der Waals surface area contributed by atoms with Crippen LogP contribution in [-0.2, 0) is 14.8 Å². The molecule has 0 aromatic heterocycles. The zero-order valence-electron chi connectivity index (χ0n) is 17.5. The van der Waals surface area contributed by atoms with Gasteiger partial charge in [0.1, 0.15) is 16.4 Å². The van der Waals surface area contributed by atoms with E-state index in [1.807, 2.05) is 31.2 Å². The fourth-order valence-electron chi connectivity index (χ4n) is 3.41. The SMILES string of the molecule is CCOc1ccc(Br)cc1S(=O)(=O)NCC(c1ccc(OC)cc1)N1CCOCC1.Cl. The standard InChI is InChI=1S/C21H27BrN2O5S.ClH/c1-3-29-20-9-6-17(22)14-21(20)30(25,26)23-15-19(24-10-12-28-13-11-24)16-4-7-18(27-2)8-5-16;/h4-9,14,19,23H,3,10-13,15H2,1-2H3;1H. The quantitative estimate of drug-likeness (QED) is 0.528. The van der Waals surface area contributed by atoms with Crippen LogP contribution in [0.1, 0.15) is 18.5 Å². The van der Waals surface area contributed by atoms with E-state index in [-0.39, 0.29) is 29.9 Å². The number of nitrogens with zero attached hydrogens (tertiary/aromatic N) is 1. The Morgan fingerprint density at radius 3 is 2.45 bits per heavy atom. The van der Waals surface area contributed by atoms with E-state index >= 15 is 0 Å². The Labute approximate surface area is 198 Å². The van der Waals surface area contributed by atoms with Crippen LogP contribution in [0, 0.1) is 0 Å². The van der Waals surface area contributed by atoms with E-state index in [1.165, 1.54) is 0 Å². The molecule has 1 fully saturated rings. The third kappa shape index (κ3) is 6.81. The van der Waals surface area contributed by atoms with Gasteiger partial charge in [-0.3, -0.25) is 4.90 Å². The molecule has 1 atom stereocenters. The van der Waals surface area contributed by atoms with Crippen LogP contribution in [0.4, 0.5) is 0 Å². The average molecular weight is 536 g/mol. The lowest BCUT2D eigenvalue weighted by Gasteiger charge is -2.35. The Hall–Kier alpha value is -1.36. The van der Waals surface area contributed by atoms with Gasteiger partial charge in [-0.15, -0.1) is 12.4 Å². The predicted octanol–water partition coefficient (Wildman–Crippen LogP) is 3.63. The summed E-state index contributed by atoms with van der Waals surface area (Å²) in [5.74, 6) is 1.09. The second-order valence-electron chi connectivity index (χ2n) is 6.81. The molecule has 1 saturated heterocycles. The van der Waals surface area contributed by atoms with Gasteiger partial charge in [0.05, 0.1) is 26.9 Å². The summed E-state index contributed by atoms with van der Waals surface area (Å²) >= 11 is 3.35. The largest absolute Gasteiger partial charge is 0.497 e. The fraction of sp³-hybridized carbons (Fsp3) is 0.429. The van der Waals surface area contributed by atoms with Gasteiger partial charge in [0.15, 0.2) is 0 Å². The number of methoxy groups -OCH3 is 1. The first-order valence-corrected chi connectivity index (χ1v) is 12.1. The van der Waals surface area contributed by atoms with Gasteiger partial charge in [-0.25, -0.2) is 13.1 Å². The molecule has 1 N–H and O–H groups in total. The monoisotopic (exact) mass is 534 g/mol. The molecule has 0 bridgehead atoms. The zero-order valence-corrected chi connectivity index (χ0v) is 20.8. The molecule has 31 heavy (non-hydrogen) atoms. The number of benzene rings is 2. The average Bonchev–Trinajstić information content (AvgIpc) is 2.76. The van der Waals surface area contributed by atoms with Gasteiger partial charge in [0, 0.05) is 30.1 Å². The molecule has 1 unspecified atom stereocenters. The van der Waals surface area contributed by atoms with Crippen molar-refractivity contribution in [1.82, 2.24) is 9.62 Å². The first kappa shape index (κ1) is 25.9. The summed E-state index contributed by atoms with van der Waals surface area (Å²) in [7, 11) is -2.16. The number of nitrogens with one attached hydrogen (secondary N) is 1. The van der Waals surface area contributed by atoms with Crippen molar-refractivity contribution < 1.29 is 22.6 Å². The van der Waals surface area contributed by atoms with Gasteiger partial charge in [-0.1, -0.05) is 28.1 Å². The summed E-state index contributed by atoms with van der Waals surface area (Å²) in [6.07, 6.45) is 0. The minimum absolute atomic E-state index is 0. The highest BCUT2D eigenvalue weighted by Gasteiger charge is 2.26. The molecule has 1 heterocycles. The molecule has 1 aliphatic heterocycles. The maximum Gasteiger partial charge on any atom is 0.244 e. The number of halogens is 2. The maximum absolute atomic E-state index is 13.1. The van der Waals surface area contributed by atoms with Crippen molar-refractivity contribution in [2.75, 3.05) is 46.6 Å². The van der Waals surface area contributed by atoms with Crippen molar-refractivity contribution in [2.24, 2.45) is 0 Å². The third-order valence-corrected chi connectivity index (χ3v) is 6.89. The number of rotatable bonds is 9. The Bertz CT molecular complexity index is 937. The van der Waals surface area contributed by atoms with E-state index in [4.69, 9.17) is 14.2 Å². The van der Waals surface area contributed by atoms with Crippen molar-refractivity contribution in [2.45, 2.75) is 17.9 Å². The van der Waals surface area contributed by atoms with Crippen molar-refractivity contribution in [1.29, 1.82) is 0 Å². The second kappa shape index (κ2) is 12.0. The molecule has 0 saturated carbocycles. The molecule has 172 valence electrons. The lowest BCUT2D eigenvalue weighted by Crippen LogP contribution is -2.43. The molecular formula is C21H28BrClN2O5S. The van der Waals surface area contributed by atoms with Gasteiger partial charge in [-0.2, -0.15) is 0 Å². The van der Waals surface area contributed by atoms with E-state index in [0.29, 0.717) is 30.0 Å². The van der Waals surface area contributed by atoms with Crippen molar-refractivity contribution in [3.8, 4) is 11.5 Å². The number of hydrogen-bond acceptors (Lipinski definition) is 6. The Morgan fingerprint density at radius 2 is 1.84 bits per heavy atom. The minimum atomic E-state index is -3.78. The summed E-state index contributed by atoms with van der Waals surface area (Å²) in [4.78, 5) is 2.35. The predicted molar refractivity (Wildman–Crippen MR) is 126 cm³/mol. The zero-order chi connectivity index (χ0) is 21.6. The molecule has 1 aliphatic rings. The summed E-state index contributed by atoms with van der Waals surface area (Å²) in [6, 6.07) is 12.6. The molecule has 0 radical (unpaired) electrons. The lowest BCUT2D eigenvalue weighted by atomic mass is 10.0. The number of sulfonamides is 1. The van der Waals surface area contributed by atoms with Crippen LogP contribution in [0.5, 0.6) is 11.5 Å². The van der Waals surface area contributed by atoms with Crippen molar-refractivity contribution >= 4 is 38.4 Å². The number of ether oxygens (including phenoxy) is 3. The Kier molecular flexibility index (Phi) is 10.1. The van der Waals surface area contributed by atoms with Crippen LogP contribution < -0.4 is 14.2 Å². The van der Waals surface area contributed by atoms with Crippen molar-refractivity contribution in [3.63, 3.8) is 0 Å². The number of hydrogen-bond donors (Lipinski definition) is 1. The highest BCUT2D eigenvalue weighted by Crippen LogP contribution is 2.29.